The normalized spacial score (nSPS) is 11.1. The minimum atomic E-state index is -3.77. The predicted octanol–water partition coefficient (Wildman–Crippen LogP) is 2.77. The molecule has 0 atom stereocenters. The summed E-state index contributed by atoms with van der Waals surface area (Å²) in [5.74, 6) is -0.326. The van der Waals surface area contributed by atoms with Gasteiger partial charge in [-0.25, -0.2) is 8.42 Å². The van der Waals surface area contributed by atoms with E-state index in [2.05, 4.69) is 10.0 Å². The van der Waals surface area contributed by atoms with E-state index in [-0.39, 0.29) is 10.8 Å². The van der Waals surface area contributed by atoms with Gasteiger partial charge >= 0.3 is 0 Å². The average Bonchev–Trinajstić information content (AvgIpc) is 2.50. The van der Waals surface area contributed by atoms with Crippen molar-refractivity contribution in [1.29, 1.82) is 0 Å². The highest BCUT2D eigenvalue weighted by Crippen LogP contribution is 2.22. The van der Waals surface area contributed by atoms with Crippen molar-refractivity contribution < 1.29 is 13.2 Å². The van der Waals surface area contributed by atoms with Crippen molar-refractivity contribution in [3.8, 4) is 0 Å². The molecule has 122 valence electrons. The molecule has 0 spiro atoms. The van der Waals surface area contributed by atoms with Crippen molar-refractivity contribution in [2.45, 2.75) is 25.7 Å². The molecule has 0 aliphatic carbocycles. The van der Waals surface area contributed by atoms with Crippen LogP contribution in [0.15, 0.2) is 41.3 Å². The molecule has 0 aliphatic rings. The molecule has 0 heterocycles. The van der Waals surface area contributed by atoms with Gasteiger partial charge in [-0.15, -0.1) is 0 Å². The standard InChI is InChI=1S/C17H20N2O3S/c1-11-6-8-15(9-13(11)3)19-23(21,22)16-10-14(17(20)18-4)7-5-12(16)2/h5-10,19H,1-4H3,(H,18,20). The van der Waals surface area contributed by atoms with Gasteiger partial charge in [-0.2, -0.15) is 0 Å². The number of sulfonamides is 1. The van der Waals surface area contributed by atoms with E-state index in [1.807, 2.05) is 19.9 Å². The first kappa shape index (κ1) is 17.0. The van der Waals surface area contributed by atoms with E-state index in [4.69, 9.17) is 0 Å². The molecule has 0 radical (unpaired) electrons. The molecule has 2 rings (SSSR count). The Morgan fingerprint density at radius 2 is 1.57 bits per heavy atom. The third-order valence-electron chi connectivity index (χ3n) is 3.73. The summed E-state index contributed by atoms with van der Waals surface area (Å²) in [6.07, 6.45) is 0. The highest BCUT2D eigenvalue weighted by Gasteiger charge is 2.19. The zero-order chi connectivity index (χ0) is 17.2. The number of hydrogen-bond acceptors (Lipinski definition) is 3. The zero-order valence-corrected chi connectivity index (χ0v) is 14.4. The smallest absolute Gasteiger partial charge is 0.262 e. The Balaban J connectivity index is 2.42. The van der Waals surface area contributed by atoms with Crippen molar-refractivity contribution in [3.63, 3.8) is 0 Å². The molecule has 1 amide bonds. The van der Waals surface area contributed by atoms with E-state index < -0.39 is 10.0 Å². The molecule has 0 aromatic heterocycles. The van der Waals surface area contributed by atoms with Gasteiger partial charge in [0.25, 0.3) is 15.9 Å². The first-order valence-corrected chi connectivity index (χ1v) is 8.65. The lowest BCUT2D eigenvalue weighted by Crippen LogP contribution is -2.20. The van der Waals surface area contributed by atoms with Crippen LogP contribution in [0.1, 0.15) is 27.0 Å². The van der Waals surface area contributed by atoms with Gasteiger partial charge < -0.3 is 5.32 Å². The lowest BCUT2D eigenvalue weighted by molar-refractivity contribution is 0.0963. The maximum atomic E-state index is 12.6. The van der Waals surface area contributed by atoms with Crippen LogP contribution < -0.4 is 10.0 Å². The molecule has 0 saturated carbocycles. The highest BCUT2D eigenvalue weighted by molar-refractivity contribution is 7.92. The third-order valence-corrected chi connectivity index (χ3v) is 5.25. The summed E-state index contributed by atoms with van der Waals surface area (Å²) in [7, 11) is -2.26. The number of carbonyl (C=O) groups excluding carboxylic acids is 1. The van der Waals surface area contributed by atoms with Crippen LogP contribution in [0.2, 0.25) is 0 Å². The summed E-state index contributed by atoms with van der Waals surface area (Å²) < 4.78 is 27.8. The molecule has 5 nitrogen and oxygen atoms in total. The quantitative estimate of drug-likeness (QED) is 0.904. The Morgan fingerprint density at radius 3 is 2.17 bits per heavy atom. The molecule has 2 aromatic carbocycles. The number of nitrogens with one attached hydrogen (secondary N) is 2. The average molecular weight is 332 g/mol. The van der Waals surface area contributed by atoms with Gasteiger partial charge in [0, 0.05) is 18.3 Å². The second-order valence-electron chi connectivity index (χ2n) is 5.46. The van der Waals surface area contributed by atoms with Crippen LogP contribution in [-0.4, -0.2) is 21.4 Å². The Labute approximate surface area is 136 Å². The Kier molecular flexibility index (Phi) is 4.75. The minimum Gasteiger partial charge on any atom is -0.355 e. The van der Waals surface area contributed by atoms with Crippen LogP contribution in [-0.2, 0) is 10.0 Å². The summed E-state index contributed by atoms with van der Waals surface area (Å²) in [5, 5.41) is 2.49. The molecule has 0 unspecified atom stereocenters. The number of anilines is 1. The molecule has 0 fully saturated rings. The van der Waals surface area contributed by atoms with Gasteiger partial charge in [-0.1, -0.05) is 12.1 Å². The van der Waals surface area contributed by atoms with E-state index >= 15 is 0 Å². The van der Waals surface area contributed by atoms with Gasteiger partial charge in [0.1, 0.15) is 0 Å². The fourth-order valence-corrected chi connectivity index (χ4v) is 3.51. The molecule has 0 bridgehead atoms. The number of hydrogen-bond donors (Lipinski definition) is 2. The number of amides is 1. The van der Waals surface area contributed by atoms with Gasteiger partial charge in [-0.3, -0.25) is 9.52 Å². The lowest BCUT2D eigenvalue weighted by Gasteiger charge is -2.13. The van der Waals surface area contributed by atoms with Crippen LogP contribution >= 0.6 is 0 Å². The largest absolute Gasteiger partial charge is 0.355 e. The SMILES string of the molecule is CNC(=O)c1ccc(C)c(S(=O)(=O)Nc2ccc(C)c(C)c2)c1. The summed E-state index contributed by atoms with van der Waals surface area (Å²) in [6, 6.07) is 9.98. The molecule has 0 saturated heterocycles. The number of benzene rings is 2. The van der Waals surface area contributed by atoms with Crippen molar-refractivity contribution in [2.75, 3.05) is 11.8 Å². The third kappa shape index (κ3) is 3.71. The molecule has 23 heavy (non-hydrogen) atoms. The topological polar surface area (TPSA) is 75.3 Å². The summed E-state index contributed by atoms with van der Waals surface area (Å²) >= 11 is 0. The van der Waals surface area contributed by atoms with Crippen LogP contribution in [0.25, 0.3) is 0 Å². The first-order chi connectivity index (χ1) is 10.7. The number of rotatable bonds is 4. The second-order valence-corrected chi connectivity index (χ2v) is 7.11. The molecule has 6 heteroatoms. The van der Waals surface area contributed by atoms with E-state index in [1.165, 1.54) is 13.1 Å². The summed E-state index contributed by atoms with van der Waals surface area (Å²) in [4.78, 5) is 11.8. The second kappa shape index (κ2) is 6.42. The maximum Gasteiger partial charge on any atom is 0.262 e. The van der Waals surface area contributed by atoms with Gasteiger partial charge in [0.15, 0.2) is 0 Å². The molecular formula is C17H20N2O3S. The minimum absolute atomic E-state index is 0.0943. The highest BCUT2D eigenvalue weighted by atomic mass is 32.2. The van der Waals surface area contributed by atoms with E-state index in [1.54, 1.807) is 31.2 Å². The Bertz CT molecular complexity index is 858. The van der Waals surface area contributed by atoms with E-state index in [0.29, 0.717) is 16.8 Å². The first-order valence-electron chi connectivity index (χ1n) is 7.17. The van der Waals surface area contributed by atoms with E-state index in [0.717, 1.165) is 11.1 Å². The molecule has 2 aromatic rings. The Morgan fingerprint density at radius 1 is 0.913 bits per heavy atom. The van der Waals surface area contributed by atoms with Crippen LogP contribution in [0.4, 0.5) is 5.69 Å². The van der Waals surface area contributed by atoms with Crippen molar-refractivity contribution in [1.82, 2.24) is 5.32 Å². The predicted molar refractivity (Wildman–Crippen MR) is 91.3 cm³/mol. The number of aryl methyl sites for hydroxylation is 3. The summed E-state index contributed by atoms with van der Waals surface area (Å²) in [5.41, 5.74) is 3.47. The fraction of sp³-hybridized carbons (Fsp3) is 0.235. The zero-order valence-electron chi connectivity index (χ0n) is 13.6. The van der Waals surface area contributed by atoms with Crippen LogP contribution in [0.3, 0.4) is 0 Å². The van der Waals surface area contributed by atoms with Crippen molar-refractivity contribution in [3.05, 3.63) is 58.7 Å². The molecular weight excluding hydrogens is 312 g/mol. The van der Waals surface area contributed by atoms with Crippen LogP contribution in [0.5, 0.6) is 0 Å². The summed E-state index contributed by atoms with van der Waals surface area (Å²) in [6.45, 7) is 5.58. The molecule has 2 N–H and O–H groups in total. The van der Waals surface area contributed by atoms with Gasteiger partial charge in [0.2, 0.25) is 0 Å². The molecule has 0 aliphatic heterocycles. The van der Waals surface area contributed by atoms with Crippen molar-refractivity contribution >= 4 is 21.6 Å². The van der Waals surface area contributed by atoms with Gasteiger partial charge in [-0.05, 0) is 61.7 Å². The monoisotopic (exact) mass is 332 g/mol. The van der Waals surface area contributed by atoms with Crippen molar-refractivity contribution in [2.24, 2.45) is 0 Å². The fourth-order valence-electron chi connectivity index (χ4n) is 2.19. The maximum absolute atomic E-state index is 12.6. The van der Waals surface area contributed by atoms with Gasteiger partial charge in [0.05, 0.1) is 4.90 Å². The Hall–Kier alpha value is -2.34. The lowest BCUT2D eigenvalue weighted by atomic mass is 10.1. The van der Waals surface area contributed by atoms with Crippen LogP contribution in [0, 0.1) is 20.8 Å². The van der Waals surface area contributed by atoms with E-state index in [9.17, 15) is 13.2 Å². The number of carbonyl (C=O) groups is 1.